The molecule has 2 N–H and O–H groups in total. The molecule has 1 aromatic heterocycles. The molecular formula is C14H21N3O2. The summed E-state index contributed by atoms with van der Waals surface area (Å²) in [5.74, 6) is 0.489. The number of likely N-dealkylation sites (tertiary alicyclic amines) is 1. The fourth-order valence-electron chi connectivity index (χ4n) is 2.34. The van der Waals surface area contributed by atoms with E-state index in [0.717, 1.165) is 18.4 Å². The Balaban J connectivity index is 2.18. The number of rotatable bonds is 1. The van der Waals surface area contributed by atoms with Gasteiger partial charge in [0, 0.05) is 18.3 Å². The number of nitrogen functional groups attached to an aromatic ring is 1. The van der Waals surface area contributed by atoms with Gasteiger partial charge in [-0.1, -0.05) is 6.07 Å². The smallest absolute Gasteiger partial charge is 0.410 e. The number of carbonyl (C=O) groups is 1. The van der Waals surface area contributed by atoms with Crippen LogP contribution in [0.15, 0.2) is 18.3 Å². The number of hydrogen-bond donors (Lipinski definition) is 1. The molecule has 0 bridgehead atoms. The Kier molecular flexibility index (Phi) is 3.64. The monoisotopic (exact) mass is 263 g/mol. The number of hydrogen-bond acceptors (Lipinski definition) is 4. The summed E-state index contributed by atoms with van der Waals surface area (Å²) < 4.78 is 5.44. The van der Waals surface area contributed by atoms with Gasteiger partial charge in [0.25, 0.3) is 0 Å². The lowest BCUT2D eigenvalue weighted by Gasteiger charge is -2.29. The molecule has 0 unspecified atom stereocenters. The van der Waals surface area contributed by atoms with Gasteiger partial charge in [-0.2, -0.15) is 0 Å². The highest BCUT2D eigenvalue weighted by Crippen LogP contribution is 2.35. The minimum Gasteiger partial charge on any atom is -0.444 e. The third kappa shape index (κ3) is 3.16. The van der Waals surface area contributed by atoms with E-state index in [1.165, 1.54) is 0 Å². The van der Waals surface area contributed by atoms with Crippen LogP contribution >= 0.6 is 0 Å². The largest absolute Gasteiger partial charge is 0.444 e. The molecule has 1 aromatic rings. The zero-order chi connectivity index (χ0) is 14.0. The molecule has 0 aliphatic carbocycles. The number of ether oxygens (including phenoxy) is 1. The van der Waals surface area contributed by atoms with Gasteiger partial charge in [0.05, 0.1) is 6.04 Å². The van der Waals surface area contributed by atoms with Crippen molar-refractivity contribution in [2.45, 2.75) is 45.3 Å². The second-order valence-electron chi connectivity index (χ2n) is 5.81. The van der Waals surface area contributed by atoms with Crippen molar-refractivity contribution in [2.24, 2.45) is 0 Å². The number of pyridine rings is 1. The van der Waals surface area contributed by atoms with Gasteiger partial charge in [-0.25, -0.2) is 9.78 Å². The summed E-state index contributed by atoms with van der Waals surface area (Å²) in [6.07, 6.45) is 3.23. The van der Waals surface area contributed by atoms with E-state index in [9.17, 15) is 4.79 Å². The number of amides is 1. The molecule has 2 rings (SSSR count). The van der Waals surface area contributed by atoms with E-state index in [-0.39, 0.29) is 12.1 Å². The van der Waals surface area contributed by atoms with E-state index < -0.39 is 5.60 Å². The third-order valence-electron chi connectivity index (χ3n) is 3.11. The Morgan fingerprint density at radius 1 is 1.53 bits per heavy atom. The van der Waals surface area contributed by atoms with Crippen molar-refractivity contribution in [1.29, 1.82) is 0 Å². The van der Waals surface area contributed by atoms with Crippen LogP contribution in [0.5, 0.6) is 0 Å². The van der Waals surface area contributed by atoms with Crippen LogP contribution in [0.3, 0.4) is 0 Å². The molecule has 5 heteroatoms. The number of carbonyl (C=O) groups excluding carboxylic acids is 1. The molecule has 0 radical (unpaired) electrons. The maximum atomic E-state index is 12.2. The molecule has 104 valence electrons. The van der Waals surface area contributed by atoms with Crippen LogP contribution in [0.4, 0.5) is 10.6 Å². The van der Waals surface area contributed by atoms with Crippen molar-refractivity contribution >= 4 is 11.9 Å². The minimum atomic E-state index is -0.481. The summed E-state index contributed by atoms with van der Waals surface area (Å²) in [5.41, 5.74) is 6.33. The van der Waals surface area contributed by atoms with Crippen molar-refractivity contribution in [3.8, 4) is 0 Å². The summed E-state index contributed by atoms with van der Waals surface area (Å²) in [7, 11) is 0. The lowest BCUT2D eigenvalue weighted by atomic mass is 10.1. The van der Waals surface area contributed by atoms with Gasteiger partial charge >= 0.3 is 6.09 Å². The first-order valence-electron chi connectivity index (χ1n) is 6.58. The van der Waals surface area contributed by atoms with Gasteiger partial charge in [-0.15, -0.1) is 0 Å². The third-order valence-corrected chi connectivity index (χ3v) is 3.11. The Bertz CT molecular complexity index is 468. The van der Waals surface area contributed by atoms with E-state index in [2.05, 4.69) is 4.98 Å². The lowest BCUT2D eigenvalue weighted by Crippen LogP contribution is -2.36. The van der Waals surface area contributed by atoms with Crippen LogP contribution in [0.1, 0.15) is 45.2 Å². The molecule has 0 spiro atoms. The van der Waals surface area contributed by atoms with Crippen LogP contribution in [-0.2, 0) is 4.74 Å². The molecular weight excluding hydrogens is 242 g/mol. The van der Waals surface area contributed by atoms with Crippen LogP contribution in [0.2, 0.25) is 0 Å². The molecule has 1 atom stereocenters. The summed E-state index contributed by atoms with van der Waals surface area (Å²) in [6.45, 7) is 6.31. The summed E-state index contributed by atoms with van der Waals surface area (Å²) in [5, 5.41) is 0. The number of aromatic nitrogens is 1. The molecule has 5 nitrogen and oxygen atoms in total. The van der Waals surface area contributed by atoms with Gasteiger partial charge in [0.15, 0.2) is 0 Å². The first-order chi connectivity index (χ1) is 8.88. The minimum absolute atomic E-state index is 0.0245. The average molecular weight is 263 g/mol. The fraction of sp³-hybridized carbons (Fsp3) is 0.571. The van der Waals surface area contributed by atoms with Crippen molar-refractivity contribution in [3.05, 3.63) is 23.9 Å². The van der Waals surface area contributed by atoms with Gasteiger partial charge < -0.3 is 15.4 Å². The normalized spacial score (nSPS) is 19.5. The predicted molar refractivity (Wildman–Crippen MR) is 73.6 cm³/mol. The SMILES string of the molecule is CC(C)(C)OC(=O)N1CCC[C@H]1c1cccnc1N. The van der Waals surface area contributed by atoms with Gasteiger partial charge in [-0.05, 0) is 39.7 Å². The maximum Gasteiger partial charge on any atom is 0.410 e. The zero-order valence-corrected chi connectivity index (χ0v) is 11.7. The van der Waals surface area contributed by atoms with Gasteiger partial charge in [0.1, 0.15) is 11.4 Å². The Morgan fingerprint density at radius 3 is 2.89 bits per heavy atom. The van der Waals surface area contributed by atoms with Crippen molar-refractivity contribution in [2.75, 3.05) is 12.3 Å². The molecule has 0 saturated carbocycles. The molecule has 19 heavy (non-hydrogen) atoms. The predicted octanol–water partition coefficient (Wildman–Crippen LogP) is 2.74. The highest BCUT2D eigenvalue weighted by molar-refractivity contribution is 5.69. The topological polar surface area (TPSA) is 68.5 Å². The van der Waals surface area contributed by atoms with E-state index in [4.69, 9.17) is 10.5 Å². The molecule has 0 aromatic carbocycles. The first kappa shape index (κ1) is 13.6. The summed E-state index contributed by atoms with van der Waals surface area (Å²) >= 11 is 0. The number of anilines is 1. The van der Waals surface area contributed by atoms with Gasteiger partial charge in [-0.3, -0.25) is 0 Å². The van der Waals surface area contributed by atoms with Crippen LogP contribution in [0.25, 0.3) is 0 Å². The number of nitrogens with two attached hydrogens (primary N) is 1. The highest BCUT2D eigenvalue weighted by atomic mass is 16.6. The first-order valence-corrected chi connectivity index (χ1v) is 6.58. The summed E-state index contributed by atoms with van der Waals surface area (Å²) in [6, 6.07) is 3.75. The standard InChI is InChI=1S/C14H21N3O2/c1-14(2,3)19-13(18)17-9-5-7-11(17)10-6-4-8-16-12(10)15/h4,6,8,11H,5,7,9H2,1-3H3,(H2,15,16)/t11-/m0/s1. The van der Waals surface area contributed by atoms with Crippen LogP contribution < -0.4 is 5.73 Å². The Morgan fingerprint density at radius 2 is 2.26 bits per heavy atom. The van der Waals surface area contributed by atoms with Crippen molar-refractivity contribution in [3.63, 3.8) is 0 Å². The quantitative estimate of drug-likeness (QED) is 0.845. The number of nitrogens with zero attached hydrogens (tertiary/aromatic N) is 2. The fourth-order valence-corrected chi connectivity index (χ4v) is 2.34. The second-order valence-corrected chi connectivity index (χ2v) is 5.81. The summed E-state index contributed by atoms with van der Waals surface area (Å²) in [4.78, 5) is 18.0. The Hall–Kier alpha value is -1.78. The molecule has 1 aliphatic rings. The second kappa shape index (κ2) is 5.07. The van der Waals surface area contributed by atoms with Gasteiger partial charge in [0.2, 0.25) is 0 Å². The molecule has 1 amide bonds. The molecule has 1 fully saturated rings. The van der Waals surface area contributed by atoms with E-state index in [1.54, 1.807) is 11.1 Å². The molecule has 2 heterocycles. The van der Waals surface area contributed by atoms with Crippen molar-refractivity contribution in [1.82, 2.24) is 9.88 Å². The van der Waals surface area contributed by atoms with E-state index in [0.29, 0.717) is 12.4 Å². The Labute approximate surface area is 113 Å². The van der Waals surface area contributed by atoms with Crippen LogP contribution in [0, 0.1) is 0 Å². The molecule has 1 aliphatic heterocycles. The molecule has 1 saturated heterocycles. The van der Waals surface area contributed by atoms with E-state index in [1.807, 2.05) is 32.9 Å². The zero-order valence-electron chi connectivity index (χ0n) is 11.7. The lowest BCUT2D eigenvalue weighted by molar-refractivity contribution is 0.0225. The maximum absolute atomic E-state index is 12.2. The highest BCUT2D eigenvalue weighted by Gasteiger charge is 2.34. The van der Waals surface area contributed by atoms with Crippen LogP contribution in [-0.4, -0.2) is 28.1 Å². The van der Waals surface area contributed by atoms with E-state index >= 15 is 0 Å². The average Bonchev–Trinajstić information content (AvgIpc) is 2.76. The van der Waals surface area contributed by atoms with Crippen molar-refractivity contribution < 1.29 is 9.53 Å².